The van der Waals surface area contributed by atoms with E-state index in [1.807, 2.05) is 30.3 Å². The average molecular weight is 353 g/mol. The molecule has 1 aromatic rings. The van der Waals surface area contributed by atoms with Crippen LogP contribution in [0.25, 0.3) is 0 Å². The van der Waals surface area contributed by atoms with Gasteiger partial charge < -0.3 is 9.80 Å². The predicted octanol–water partition coefficient (Wildman–Crippen LogP) is 2.38. The number of aromatic nitrogens is 2. The van der Waals surface area contributed by atoms with Crippen molar-refractivity contribution in [2.24, 2.45) is 5.92 Å². The second-order valence-corrected chi connectivity index (χ2v) is 8.03. The summed E-state index contributed by atoms with van der Waals surface area (Å²) in [6, 6.07) is 1.98. The standard InChI is InChI=1S/C16H24N4OS2/c1-22-16-17-5-2-14(18-16)19-6-3-13(4-7-19)12-15(21)20-8-10-23-11-9-20/h2,5,13H,3-4,6-12H2,1H3. The lowest BCUT2D eigenvalue weighted by Gasteiger charge is -2.34. The van der Waals surface area contributed by atoms with Crippen LogP contribution >= 0.6 is 23.5 Å². The number of hydrogen-bond donors (Lipinski definition) is 0. The molecule has 3 rings (SSSR count). The third-order valence-corrected chi connectivity index (χ3v) is 6.07. The smallest absolute Gasteiger partial charge is 0.222 e. The Morgan fingerprint density at radius 2 is 2.04 bits per heavy atom. The largest absolute Gasteiger partial charge is 0.356 e. The highest BCUT2D eigenvalue weighted by atomic mass is 32.2. The van der Waals surface area contributed by atoms with Crippen molar-refractivity contribution in [3.8, 4) is 0 Å². The fraction of sp³-hybridized carbons (Fsp3) is 0.688. The van der Waals surface area contributed by atoms with Gasteiger partial charge in [-0.2, -0.15) is 11.8 Å². The van der Waals surface area contributed by atoms with Crippen LogP contribution in [0.3, 0.4) is 0 Å². The van der Waals surface area contributed by atoms with E-state index in [0.717, 1.165) is 67.9 Å². The number of nitrogens with zero attached hydrogens (tertiary/aromatic N) is 4. The number of hydrogen-bond acceptors (Lipinski definition) is 6. The molecular formula is C16H24N4OS2. The molecule has 0 radical (unpaired) electrons. The molecule has 23 heavy (non-hydrogen) atoms. The molecule has 0 unspecified atom stereocenters. The van der Waals surface area contributed by atoms with Gasteiger partial charge in [-0.15, -0.1) is 0 Å². The van der Waals surface area contributed by atoms with Gasteiger partial charge in [-0.25, -0.2) is 9.97 Å². The predicted molar refractivity (Wildman–Crippen MR) is 97.3 cm³/mol. The van der Waals surface area contributed by atoms with Crippen LogP contribution < -0.4 is 4.90 Å². The summed E-state index contributed by atoms with van der Waals surface area (Å²) in [6.07, 6.45) is 6.70. The number of anilines is 1. The number of piperidine rings is 1. The lowest BCUT2D eigenvalue weighted by atomic mass is 9.93. The zero-order chi connectivity index (χ0) is 16.1. The Kier molecular flexibility index (Phi) is 6.05. The molecule has 3 heterocycles. The van der Waals surface area contributed by atoms with Crippen molar-refractivity contribution in [1.29, 1.82) is 0 Å². The zero-order valence-electron chi connectivity index (χ0n) is 13.6. The van der Waals surface area contributed by atoms with Gasteiger partial charge in [0.1, 0.15) is 5.82 Å². The second-order valence-electron chi connectivity index (χ2n) is 6.03. The summed E-state index contributed by atoms with van der Waals surface area (Å²) in [7, 11) is 0. The third kappa shape index (κ3) is 4.53. The molecule has 1 aromatic heterocycles. The first-order valence-corrected chi connectivity index (χ1v) is 10.6. The maximum atomic E-state index is 12.4. The molecule has 2 saturated heterocycles. The summed E-state index contributed by atoms with van der Waals surface area (Å²) in [6.45, 7) is 3.83. The van der Waals surface area contributed by atoms with E-state index >= 15 is 0 Å². The normalized spacial score (nSPS) is 19.9. The average Bonchev–Trinajstić information content (AvgIpc) is 2.63. The van der Waals surface area contributed by atoms with Gasteiger partial charge in [-0.1, -0.05) is 11.8 Å². The maximum absolute atomic E-state index is 12.4. The molecule has 2 aliphatic rings. The van der Waals surface area contributed by atoms with Crippen LogP contribution in [0.5, 0.6) is 0 Å². The van der Waals surface area contributed by atoms with Gasteiger partial charge in [0.25, 0.3) is 0 Å². The van der Waals surface area contributed by atoms with E-state index in [1.54, 1.807) is 11.8 Å². The highest BCUT2D eigenvalue weighted by Crippen LogP contribution is 2.25. The second kappa shape index (κ2) is 8.24. The molecule has 0 saturated carbocycles. The number of amides is 1. The van der Waals surface area contributed by atoms with Crippen molar-refractivity contribution in [1.82, 2.24) is 14.9 Å². The van der Waals surface area contributed by atoms with Crippen molar-refractivity contribution in [3.63, 3.8) is 0 Å². The van der Waals surface area contributed by atoms with E-state index in [1.165, 1.54) is 0 Å². The first kappa shape index (κ1) is 16.9. The minimum atomic E-state index is 0.357. The van der Waals surface area contributed by atoms with Crippen LogP contribution in [0, 0.1) is 5.92 Å². The molecule has 0 spiro atoms. The molecule has 0 bridgehead atoms. The lowest BCUT2D eigenvalue weighted by molar-refractivity contribution is -0.132. The maximum Gasteiger partial charge on any atom is 0.222 e. The van der Waals surface area contributed by atoms with Gasteiger partial charge in [0.15, 0.2) is 5.16 Å². The van der Waals surface area contributed by atoms with Crippen LogP contribution in [0.1, 0.15) is 19.3 Å². The summed E-state index contributed by atoms with van der Waals surface area (Å²) < 4.78 is 0. The molecule has 1 amide bonds. The Balaban J connectivity index is 1.49. The molecule has 5 nitrogen and oxygen atoms in total. The summed E-state index contributed by atoms with van der Waals surface area (Å²) in [4.78, 5) is 25.6. The van der Waals surface area contributed by atoms with Crippen molar-refractivity contribution in [2.75, 3.05) is 48.8 Å². The molecule has 2 fully saturated rings. The fourth-order valence-electron chi connectivity index (χ4n) is 3.16. The van der Waals surface area contributed by atoms with Gasteiger partial charge in [-0.05, 0) is 31.1 Å². The van der Waals surface area contributed by atoms with Gasteiger partial charge >= 0.3 is 0 Å². The molecular weight excluding hydrogens is 328 g/mol. The van der Waals surface area contributed by atoms with Crippen molar-refractivity contribution < 1.29 is 4.79 Å². The van der Waals surface area contributed by atoms with Crippen LogP contribution in [-0.4, -0.2) is 64.7 Å². The van der Waals surface area contributed by atoms with E-state index in [9.17, 15) is 4.79 Å². The van der Waals surface area contributed by atoms with Crippen molar-refractivity contribution in [2.45, 2.75) is 24.4 Å². The first-order chi connectivity index (χ1) is 11.3. The van der Waals surface area contributed by atoms with E-state index in [4.69, 9.17) is 0 Å². The highest BCUT2D eigenvalue weighted by Gasteiger charge is 2.25. The Hall–Kier alpha value is -0.950. The van der Waals surface area contributed by atoms with Crippen molar-refractivity contribution in [3.05, 3.63) is 12.3 Å². The van der Waals surface area contributed by atoms with Gasteiger partial charge in [-0.3, -0.25) is 4.79 Å². The minimum absolute atomic E-state index is 0.357. The summed E-state index contributed by atoms with van der Waals surface area (Å²) >= 11 is 3.52. The number of rotatable bonds is 4. The van der Waals surface area contributed by atoms with Gasteiger partial charge in [0, 0.05) is 50.3 Å². The molecule has 2 aliphatic heterocycles. The monoisotopic (exact) mass is 352 g/mol. The fourth-order valence-corrected chi connectivity index (χ4v) is 4.42. The molecule has 7 heteroatoms. The highest BCUT2D eigenvalue weighted by molar-refractivity contribution is 7.99. The van der Waals surface area contributed by atoms with E-state index in [2.05, 4.69) is 19.8 Å². The molecule has 0 N–H and O–H groups in total. The lowest BCUT2D eigenvalue weighted by Crippen LogP contribution is -2.40. The molecule has 126 valence electrons. The van der Waals surface area contributed by atoms with Crippen LogP contribution in [-0.2, 0) is 4.79 Å². The third-order valence-electron chi connectivity index (χ3n) is 4.57. The van der Waals surface area contributed by atoms with Gasteiger partial charge in [0.2, 0.25) is 5.91 Å². The quantitative estimate of drug-likeness (QED) is 0.612. The minimum Gasteiger partial charge on any atom is -0.356 e. The zero-order valence-corrected chi connectivity index (χ0v) is 15.2. The first-order valence-electron chi connectivity index (χ1n) is 8.24. The Labute approximate surface area is 146 Å². The molecule has 0 aliphatic carbocycles. The SMILES string of the molecule is CSc1nccc(N2CCC(CC(=O)N3CCSCC3)CC2)n1. The van der Waals surface area contributed by atoms with Crippen LogP contribution in [0.4, 0.5) is 5.82 Å². The molecule has 0 aromatic carbocycles. The van der Waals surface area contributed by atoms with E-state index < -0.39 is 0 Å². The summed E-state index contributed by atoms with van der Waals surface area (Å²) in [5.41, 5.74) is 0. The van der Waals surface area contributed by atoms with Crippen molar-refractivity contribution >= 4 is 35.2 Å². The number of carbonyl (C=O) groups excluding carboxylic acids is 1. The Morgan fingerprint density at radius 3 is 2.74 bits per heavy atom. The molecule has 0 atom stereocenters. The van der Waals surface area contributed by atoms with Crippen LogP contribution in [0.2, 0.25) is 0 Å². The van der Waals surface area contributed by atoms with Gasteiger partial charge in [0.05, 0.1) is 0 Å². The van der Waals surface area contributed by atoms with E-state index in [0.29, 0.717) is 11.8 Å². The topological polar surface area (TPSA) is 49.3 Å². The van der Waals surface area contributed by atoms with E-state index in [-0.39, 0.29) is 0 Å². The van der Waals surface area contributed by atoms with Crippen LogP contribution in [0.15, 0.2) is 17.4 Å². The Morgan fingerprint density at radius 1 is 1.30 bits per heavy atom. The summed E-state index contributed by atoms with van der Waals surface area (Å²) in [5.74, 6) is 4.08. The number of carbonyl (C=O) groups is 1. The Bertz CT molecular complexity index is 529. The summed E-state index contributed by atoms with van der Waals surface area (Å²) in [5, 5.41) is 0.822. The number of thioether (sulfide) groups is 2.